The van der Waals surface area contributed by atoms with E-state index < -0.39 is 0 Å². The van der Waals surface area contributed by atoms with Crippen molar-refractivity contribution in [1.82, 2.24) is 19.2 Å². The van der Waals surface area contributed by atoms with Crippen LogP contribution in [0, 0.1) is 6.92 Å². The van der Waals surface area contributed by atoms with Gasteiger partial charge in [-0.15, -0.1) is 5.10 Å². The molecule has 4 aromatic rings. The number of phenolic OH excluding ortho intramolecular Hbond substituents is 1. The van der Waals surface area contributed by atoms with Crippen molar-refractivity contribution in [2.45, 2.75) is 13.5 Å². The molecule has 4 rings (SSSR count). The summed E-state index contributed by atoms with van der Waals surface area (Å²) in [6.45, 7) is 3.38. The number of nitrogens with one attached hydrogen (secondary N) is 3. The van der Waals surface area contributed by atoms with E-state index in [0.29, 0.717) is 18.1 Å². The van der Waals surface area contributed by atoms with Gasteiger partial charge in [-0.3, -0.25) is 0 Å². The van der Waals surface area contributed by atoms with Gasteiger partial charge in [-0.1, -0.05) is 6.07 Å². The number of hydrogen-bond donors (Lipinski definition) is 4. The lowest BCUT2D eigenvalue weighted by atomic mass is 10.1. The highest BCUT2D eigenvalue weighted by Crippen LogP contribution is 2.36. The molecule has 154 valence electrons. The predicted octanol–water partition coefficient (Wildman–Crippen LogP) is 3.01. The summed E-state index contributed by atoms with van der Waals surface area (Å²) >= 11 is 0. The van der Waals surface area contributed by atoms with Crippen molar-refractivity contribution >= 4 is 34.7 Å². The molecule has 4 N–H and O–H groups in total. The third kappa shape index (κ3) is 4.04. The Balaban J connectivity index is 1.66. The summed E-state index contributed by atoms with van der Waals surface area (Å²) in [5.41, 5.74) is 3.80. The van der Waals surface area contributed by atoms with Crippen LogP contribution in [0.3, 0.4) is 0 Å². The van der Waals surface area contributed by atoms with Gasteiger partial charge in [-0.25, -0.2) is 9.50 Å². The predicted molar refractivity (Wildman–Crippen MR) is 117 cm³/mol. The largest absolute Gasteiger partial charge is 0.508 e. The summed E-state index contributed by atoms with van der Waals surface area (Å²) in [6.07, 6.45) is 8.09. The van der Waals surface area contributed by atoms with Gasteiger partial charge in [-0.2, -0.15) is 0 Å². The van der Waals surface area contributed by atoms with Crippen LogP contribution in [-0.2, 0) is 11.3 Å². The molecule has 0 aliphatic carbocycles. The van der Waals surface area contributed by atoms with Crippen molar-refractivity contribution in [2.24, 2.45) is 0 Å². The Morgan fingerprint density at radius 3 is 2.87 bits per heavy atom. The van der Waals surface area contributed by atoms with Gasteiger partial charge in [0.1, 0.15) is 17.7 Å². The number of rotatable bonds is 9. The molecule has 0 unspecified atom stereocenters. The van der Waals surface area contributed by atoms with E-state index in [2.05, 4.69) is 26.0 Å². The highest BCUT2D eigenvalue weighted by molar-refractivity contribution is 5.90. The van der Waals surface area contributed by atoms with E-state index in [-0.39, 0.29) is 12.3 Å². The second kappa shape index (κ2) is 8.56. The van der Waals surface area contributed by atoms with E-state index in [1.807, 2.05) is 48.1 Å². The van der Waals surface area contributed by atoms with Gasteiger partial charge in [0.05, 0.1) is 29.8 Å². The Hall–Kier alpha value is -4.01. The number of aryl methyl sites for hydroxylation is 1. The van der Waals surface area contributed by atoms with Gasteiger partial charge in [0, 0.05) is 37.7 Å². The van der Waals surface area contributed by atoms with E-state index in [4.69, 9.17) is 0 Å². The summed E-state index contributed by atoms with van der Waals surface area (Å²) in [5, 5.41) is 24.6. The quantitative estimate of drug-likeness (QED) is 0.250. The smallest absolute Gasteiger partial charge is 0.173 e. The number of hydrogen-bond acceptors (Lipinski definition) is 7. The molecular formula is C21H23N7O2. The second-order valence-electron chi connectivity index (χ2n) is 6.84. The van der Waals surface area contributed by atoms with E-state index in [1.54, 1.807) is 23.1 Å². The van der Waals surface area contributed by atoms with Crippen LogP contribution in [0.15, 0.2) is 55.2 Å². The minimum absolute atomic E-state index is 0.141. The number of carbonyl (C=O) groups is 1. The molecule has 0 radical (unpaired) electrons. The van der Waals surface area contributed by atoms with Crippen molar-refractivity contribution in [1.29, 1.82) is 0 Å². The fourth-order valence-electron chi connectivity index (χ4n) is 3.20. The molecule has 0 atom stereocenters. The van der Waals surface area contributed by atoms with Gasteiger partial charge >= 0.3 is 0 Å². The summed E-state index contributed by atoms with van der Waals surface area (Å²) in [6, 6.07) is 9.29. The molecule has 0 bridgehead atoms. The van der Waals surface area contributed by atoms with Gasteiger partial charge in [0.15, 0.2) is 5.82 Å². The van der Waals surface area contributed by atoms with Crippen LogP contribution in [0.5, 0.6) is 5.75 Å². The van der Waals surface area contributed by atoms with Gasteiger partial charge in [-0.05, 0) is 30.7 Å². The van der Waals surface area contributed by atoms with Crippen LogP contribution < -0.4 is 16.0 Å². The number of anilines is 4. The summed E-state index contributed by atoms with van der Waals surface area (Å²) < 4.78 is 3.79. The zero-order chi connectivity index (χ0) is 20.9. The van der Waals surface area contributed by atoms with Gasteiger partial charge in [0.2, 0.25) is 0 Å². The van der Waals surface area contributed by atoms with Crippen LogP contribution in [-0.4, -0.2) is 43.6 Å². The average molecular weight is 405 g/mol. The molecule has 0 amide bonds. The number of fused-ring (bicyclic) bond motifs is 1. The SMILES string of the molecule is Cc1cc(Nc2c(NCCn3ccnc3)nn3ccccc23)c(NCC=O)cc1O. The Bertz CT molecular complexity index is 1150. The molecular weight excluding hydrogens is 382 g/mol. The molecule has 30 heavy (non-hydrogen) atoms. The third-order valence-electron chi connectivity index (χ3n) is 4.73. The Morgan fingerprint density at radius 2 is 2.07 bits per heavy atom. The molecule has 0 aliphatic heterocycles. The first kappa shape index (κ1) is 19.3. The molecule has 3 aromatic heterocycles. The fourth-order valence-corrected chi connectivity index (χ4v) is 3.20. The number of carbonyl (C=O) groups excluding carboxylic acids is 1. The maximum absolute atomic E-state index is 10.8. The lowest BCUT2D eigenvalue weighted by Gasteiger charge is -2.15. The van der Waals surface area contributed by atoms with Crippen molar-refractivity contribution in [3.63, 3.8) is 0 Å². The molecule has 0 saturated carbocycles. The van der Waals surface area contributed by atoms with E-state index >= 15 is 0 Å². The maximum atomic E-state index is 10.8. The lowest BCUT2D eigenvalue weighted by Crippen LogP contribution is -2.11. The maximum Gasteiger partial charge on any atom is 0.173 e. The molecule has 0 saturated heterocycles. The molecule has 1 aromatic carbocycles. The molecule has 9 heteroatoms. The normalized spacial score (nSPS) is 10.8. The summed E-state index contributed by atoms with van der Waals surface area (Å²) in [7, 11) is 0. The highest BCUT2D eigenvalue weighted by Gasteiger charge is 2.15. The zero-order valence-corrected chi connectivity index (χ0v) is 16.5. The number of aromatic nitrogens is 4. The Morgan fingerprint density at radius 1 is 1.17 bits per heavy atom. The van der Waals surface area contributed by atoms with Crippen LogP contribution in [0.4, 0.5) is 22.9 Å². The fraction of sp³-hybridized carbons (Fsp3) is 0.190. The van der Waals surface area contributed by atoms with Crippen LogP contribution in [0.2, 0.25) is 0 Å². The first-order valence-electron chi connectivity index (χ1n) is 9.61. The number of aldehydes is 1. The minimum Gasteiger partial charge on any atom is -0.508 e. The third-order valence-corrected chi connectivity index (χ3v) is 4.73. The topological polar surface area (TPSA) is 109 Å². The lowest BCUT2D eigenvalue weighted by molar-refractivity contribution is -0.106. The first-order chi connectivity index (χ1) is 14.7. The van der Waals surface area contributed by atoms with Gasteiger partial charge in [0.25, 0.3) is 0 Å². The monoisotopic (exact) mass is 405 g/mol. The van der Waals surface area contributed by atoms with Crippen LogP contribution >= 0.6 is 0 Å². The van der Waals surface area contributed by atoms with Crippen molar-refractivity contribution < 1.29 is 9.90 Å². The number of aromatic hydroxyl groups is 1. The Kier molecular flexibility index (Phi) is 5.51. The number of imidazole rings is 1. The summed E-state index contributed by atoms with van der Waals surface area (Å²) in [4.78, 5) is 14.9. The average Bonchev–Trinajstić information content (AvgIpc) is 3.38. The van der Waals surface area contributed by atoms with Gasteiger partial charge < -0.3 is 30.4 Å². The van der Waals surface area contributed by atoms with E-state index in [9.17, 15) is 9.90 Å². The highest BCUT2D eigenvalue weighted by atomic mass is 16.3. The van der Waals surface area contributed by atoms with Crippen LogP contribution in [0.25, 0.3) is 5.52 Å². The molecule has 0 aliphatic rings. The Labute approximate surface area is 173 Å². The van der Waals surface area contributed by atoms with Crippen molar-refractivity contribution in [3.8, 4) is 5.75 Å². The molecule has 3 heterocycles. The van der Waals surface area contributed by atoms with Crippen LogP contribution in [0.1, 0.15) is 5.56 Å². The molecule has 0 spiro atoms. The minimum atomic E-state index is 0.141. The first-order valence-corrected chi connectivity index (χ1v) is 9.61. The van der Waals surface area contributed by atoms with Crippen molar-refractivity contribution in [3.05, 3.63) is 60.8 Å². The summed E-state index contributed by atoms with van der Waals surface area (Å²) in [5.74, 6) is 0.862. The number of benzene rings is 1. The van der Waals surface area contributed by atoms with E-state index in [1.165, 1.54) is 0 Å². The zero-order valence-electron chi connectivity index (χ0n) is 16.5. The second-order valence-corrected chi connectivity index (χ2v) is 6.84. The standard InChI is InChI=1S/C21H23N7O2/c1-15-12-17(16(13-19(15)30)23-7-11-29)25-20-18-4-2-3-8-28(18)26-21(20)24-6-10-27-9-5-22-14-27/h2-5,8-9,11-14,23,25,30H,6-7,10H2,1H3,(H,24,26). The number of phenols is 1. The van der Waals surface area contributed by atoms with E-state index in [0.717, 1.165) is 35.3 Å². The van der Waals surface area contributed by atoms with Crippen molar-refractivity contribution in [2.75, 3.05) is 29.0 Å². The molecule has 9 nitrogen and oxygen atoms in total. The molecule has 0 fully saturated rings. The number of pyridine rings is 1. The number of nitrogens with zero attached hydrogens (tertiary/aromatic N) is 4.